The number of rotatable bonds is 3. The Morgan fingerprint density at radius 3 is 2.15 bits per heavy atom. The van der Waals surface area contributed by atoms with E-state index in [1.807, 2.05) is 26.0 Å². The van der Waals surface area contributed by atoms with E-state index in [0.717, 1.165) is 11.1 Å². The summed E-state index contributed by atoms with van der Waals surface area (Å²) in [6.45, 7) is 5.58. The predicted molar refractivity (Wildman–Crippen MR) is 99.1 cm³/mol. The zero-order valence-electron chi connectivity index (χ0n) is 15.6. The lowest BCUT2D eigenvalue weighted by molar-refractivity contribution is 0.0529. The van der Waals surface area contributed by atoms with E-state index < -0.39 is 0 Å². The van der Waals surface area contributed by atoms with Crippen molar-refractivity contribution in [2.75, 3.05) is 33.3 Å². The third-order valence-electron chi connectivity index (χ3n) is 4.80. The maximum atomic E-state index is 12.9. The summed E-state index contributed by atoms with van der Waals surface area (Å²) in [5.41, 5.74) is 2.45. The highest BCUT2D eigenvalue weighted by Gasteiger charge is 2.27. The minimum Gasteiger partial charge on any atom is -0.496 e. The summed E-state index contributed by atoms with van der Waals surface area (Å²) in [6.07, 6.45) is 0. The number of nitrogens with zero attached hydrogens (tertiary/aromatic N) is 3. The Balaban J connectivity index is 1.69. The van der Waals surface area contributed by atoms with Crippen LogP contribution in [0.2, 0.25) is 0 Å². The summed E-state index contributed by atoms with van der Waals surface area (Å²) in [4.78, 5) is 39.8. The highest BCUT2D eigenvalue weighted by molar-refractivity contribution is 5.98. The molecule has 3 rings (SSSR count). The largest absolute Gasteiger partial charge is 0.496 e. The van der Waals surface area contributed by atoms with Gasteiger partial charge < -0.3 is 14.5 Å². The molecule has 2 amide bonds. The fourth-order valence-electron chi connectivity index (χ4n) is 3.03. The first-order valence-corrected chi connectivity index (χ1v) is 8.70. The Morgan fingerprint density at radius 1 is 1.00 bits per heavy atom. The second-order valence-electron chi connectivity index (χ2n) is 6.53. The van der Waals surface area contributed by atoms with Crippen LogP contribution in [-0.4, -0.2) is 65.1 Å². The Morgan fingerprint density at radius 2 is 1.59 bits per heavy atom. The fourth-order valence-corrected chi connectivity index (χ4v) is 3.03. The van der Waals surface area contributed by atoms with E-state index in [2.05, 4.69) is 10.2 Å². The van der Waals surface area contributed by atoms with Gasteiger partial charge in [-0.15, -0.1) is 0 Å². The molecule has 8 heteroatoms. The van der Waals surface area contributed by atoms with E-state index >= 15 is 0 Å². The van der Waals surface area contributed by atoms with E-state index in [0.29, 0.717) is 37.5 Å². The summed E-state index contributed by atoms with van der Waals surface area (Å²) in [5, 5.41) is 6.03. The first-order chi connectivity index (χ1) is 12.9. The van der Waals surface area contributed by atoms with Crippen LogP contribution in [0.25, 0.3) is 0 Å². The predicted octanol–water partition coefficient (Wildman–Crippen LogP) is 0.994. The molecule has 1 aromatic heterocycles. The van der Waals surface area contributed by atoms with Gasteiger partial charge in [0.2, 0.25) is 0 Å². The van der Waals surface area contributed by atoms with Gasteiger partial charge in [-0.3, -0.25) is 14.4 Å². The SMILES string of the molecule is COc1cc(C)c(C)cc1C(=O)N1CCN(C(=O)c2ccc(=O)[nH]n2)CC1. The van der Waals surface area contributed by atoms with Crippen LogP contribution in [0.4, 0.5) is 0 Å². The van der Waals surface area contributed by atoms with Gasteiger partial charge in [0.1, 0.15) is 11.4 Å². The van der Waals surface area contributed by atoms with Crippen LogP contribution in [-0.2, 0) is 0 Å². The van der Waals surface area contributed by atoms with Crippen molar-refractivity contribution in [3.8, 4) is 5.75 Å². The lowest BCUT2D eigenvalue weighted by atomic mass is 10.0. The number of piperazine rings is 1. The number of benzene rings is 1. The summed E-state index contributed by atoms with van der Waals surface area (Å²) in [7, 11) is 1.55. The molecule has 0 atom stereocenters. The molecule has 2 aromatic rings. The molecule has 142 valence electrons. The van der Waals surface area contributed by atoms with Gasteiger partial charge in [-0.1, -0.05) is 0 Å². The zero-order valence-corrected chi connectivity index (χ0v) is 15.6. The number of aryl methyl sites for hydroxylation is 2. The molecule has 1 fully saturated rings. The molecule has 8 nitrogen and oxygen atoms in total. The van der Waals surface area contributed by atoms with Gasteiger partial charge in [0, 0.05) is 32.2 Å². The van der Waals surface area contributed by atoms with Gasteiger partial charge in [0.05, 0.1) is 12.7 Å². The van der Waals surface area contributed by atoms with Crippen LogP contribution >= 0.6 is 0 Å². The van der Waals surface area contributed by atoms with Crippen LogP contribution in [0.5, 0.6) is 5.75 Å². The van der Waals surface area contributed by atoms with Gasteiger partial charge in [-0.05, 0) is 43.2 Å². The summed E-state index contributed by atoms with van der Waals surface area (Å²) < 4.78 is 5.37. The second kappa shape index (κ2) is 7.61. The number of aromatic amines is 1. The van der Waals surface area contributed by atoms with E-state index in [9.17, 15) is 14.4 Å². The minimum atomic E-state index is -0.357. The Kier molecular flexibility index (Phi) is 5.25. The van der Waals surface area contributed by atoms with Gasteiger partial charge in [0.25, 0.3) is 17.4 Å². The normalized spacial score (nSPS) is 14.2. The Hall–Kier alpha value is -3.16. The third-order valence-corrected chi connectivity index (χ3v) is 4.80. The maximum Gasteiger partial charge on any atom is 0.274 e. The molecule has 2 heterocycles. The quantitative estimate of drug-likeness (QED) is 0.869. The number of H-pyrrole nitrogens is 1. The molecule has 1 aromatic carbocycles. The molecular formula is C19H22N4O4. The van der Waals surface area contributed by atoms with Gasteiger partial charge in [0.15, 0.2) is 0 Å². The summed E-state index contributed by atoms with van der Waals surface area (Å²) in [6, 6.07) is 6.38. The van der Waals surface area contributed by atoms with Crippen molar-refractivity contribution in [1.29, 1.82) is 0 Å². The van der Waals surface area contributed by atoms with Crippen molar-refractivity contribution in [2.45, 2.75) is 13.8 Å². The number of nitrogens with one attached hydrogen (secondary N) is 1. The molecule has 1 aliphatic rings. The molecule has 27 heavy (non-hydrogen) atoms. The third kappa shape index (κ3) is 3.84. The van der Waals surface area contributed by atoms with Crippen LogP contribution in [0, 0.1) is 13.8 Å². The van der Waals surface area contributed by atoms with Crippen LogP contribution < -0.4 is 10.3 Å². The molecule has 0 saturated carbocycles. The molecule has 1 saturated heterocycles. The van der Waals surface area contributed by atoms with Crippen molar-refractivity contribution >= 4 is 11.8 Å². The average Bonchev–Trinajstić information content (AvgIpc) is 2.69. The minimum absolute atomic E-state index is 0.107. The van der Waals surface area contributed by atoms with E-state index in [1.165, 1.54) is 12.1 Å². The van der Waals surface area contributed by atoms with Gasteiger partial charge >= 0.3 is 0 Å². The molecule has 1 aliphatic heterocycles. The molecule has 0 radical (unpaired) electrons. The number of amides is 2. The molecular weight excluding hydrogens is 348 g/mol. The maximum absolute atomic E-state index is 12.9. The molecule has 1 N–H and O–H groups in total. The summed E-state index contributed by atoms with van der Waals surface area (Å²) in [5.74, 6) is 0.186. The Labute approximate surface area is 156 Å². The lowest BCUT2D eigenvalue weighted by Crippen LogP contribution is -2.50. The molecule has 0 unspecified atom stereocenters. The first-order valence-electron chi connectivity index (χ1n) is 8.70. The van der Waals surface area contributed by atoms with E-state index in [4.69, 9.17) is 4.74 Å². The van der Waals surface area contributed by atoms with Crippen LogP contribution in [0.3, 0.4) is 0 Å². The number of aromatic nitrogens is 2. The van der Waals surface area contributed by atoms with Crippen LogP contribution in [0.15, 0.2) is 29.1 Å². The van der Waals surface area contributed by atoms with Crippen molar-refractivity contribution in [3.05, 3.63) is 57.0 Å². The molecule has 0 spiro atoms. The monoisotopic (exact) mass is 370 g/mol. The fraction of sp³-hybridized carbons (Fsp3) is 0.368. The Bertz CT molecular complexity index is 909. The van der Waals surface area contributed by atoms with E-state index in [-0.39, 0.29) is 23.1 Å². The standard InChI is InChI=1S/C19H22N4O4/c1-12-10-14(16(27-3)11-13(12)2)18(25)22-6-8-23(9-7-22)19(26)15-4-5-17(24)21-20-15/h4-5,10-11H,6-9H2,1-3H3,(H,21,24). The lowest BCUT2D eigenvalue weighted by Gasteiger charge is -2.34. The molecule has 0 bridgehead atoms. The molecule has 0 aliphatic carbocycles. The van der Waals surface area contributed by atoms with E-state index in [1.54, 1.807) is 16.9 Å². The van der Waals surface area contributed by atoms with Gasteiger partial charge in [-0.2, -0.15) is 5.10 Å². The highest BCUT2D eigenvalue weighted by atomic mass is 16.5. The number of hydrogen-bond acceptors (Lipinski definition) is 5. The van der Waals surface area contributed by atoms with Crippen molar-refractivity contribution in [2.24, 2.45) is 0 Å². The van der Waals surface area contributed by atoms with Crippen molar-refractivity contribution in [1.82, 2.24) is 20.0 Å². The smallest absolute Gasteiger partial charge is 0.274 e. The average molecular weight is 370 g/mol. The topological polar surface area (TPSA) is 95.6 Å². The van der Waals surface area contributed by atoms with Crippen molar-refractivity contribution in [3.63, 3.8) is 0 Å². The van der Waals surface area contributed by atoms with Gasteiger partial charge in [-0.25, -0.2) is 5.10 Å². The van der Waals surface area contributed by atoms with Crippen LogP contribution in [0.1, 0.15) is 32.0 Å². The van der Waals surface area contributed by atoms with Crippen molar-refractivity contribution < 1.29 is 14.3 Å². The number of ether oxygens (including phenoxy) is 1. The summed E-state index contributed by atoms with van der Waals surface area (Å²) >= 11 is 0. The number of hydrogen-bond donors (Lipinski definition) is 1. The number of methoxy groups -OCH3 is 1. The zero-order chi connectivity index (χ0) is 19.6. The first kappa shape index (κ1) is 18.6. The highest BCUT2D eigenvalue weighted by Crippen LogP contribution is 2.25. The number of carbonyl (C=O) groups excluding carboxylic acids is 2. The second-order valence-corrected chi connectivity index (χ2v) is 6.53. The number of carbonyl (C=O) groups is 2.